The first-order chi connectivity index (χ1) is 14.4. The van der Waals surface area contributed by atoms with Gasteiger partial charge in [-0.3, -0.25) is 9.59 Å². The zero-order chi connectivity index (χ0) is 21.7. The number of methoxy groups -OCH3 is 3. The van der Waals surface area contributed by atoms with Gasteiger partial charge in [-0.2, -0.15) is 0 Å². The number of carbonyl (C=O) groups excluding carboxylic acids is 2. The summed E-state index contributed by atoms with van der Waals surface area (Å²) in [5.41, 5.74) is -0.771. The zero-order valence-corrected chi connectivity index (χ0v) is 17.8. The molecular formula is C24H30O6. The molecule has 0 heterocycles. The second kappa shape index (κ2) is 7.41. The van der Waals surface area contributed by atoms with Gasteiger partial charge in [0.1, 0.15) is 5.75 Å². The van der Waals surface area contributed by atoms with E-state index in [1.54, 1.807) is 13.2 Å². The molecule has 0 saturated heterocycles. The Morgan fingerprint density at radius 3 is 2.43 bits per heavy atom. The number of rotatable bonds is 4. The van der Waals surface area contributed by atoms with Crippen molar-refractivity contribution >= 4 is 11.9 Å². The van der Waals surface area contributed by atoms with Crippen molar-refractivity contribution in [2.75, 3.05) is 21.3 Å². The molecule has 0 aliphatic heterocycles. The summed E-state index contributed by atoms with van der Waals surface area (Å²) in [6.07, 6.45) is 4.96. The number of ether oxygens (including phenoxy) is 3. The minimum absolute atomic E-state index is 0.0109. The Morgan fingerprint density at radius 2 is 1.83 bits per heavy atom. The minimum Gasteiger partial charge on any atom is -0.497 e. The first-order valence-corrected chi connectivity index (χ1v) is 10.6. The Kier molecular flexibility index (Phi) is 5.17. The maximum atomic E-state index is 13.3. The van der Waals surface area contributed by atoms with Crippen LogP contribution < -0.4 is 4.74 Å². The summed E-state index contributed by atoms with van der Waals surface area (Å²) in [7, 11) is 4.19. The fraction of sp³-hybridized carbons (Fsp3) is 0.583. The highest BCUT2D eigenvalue weighted by Crippen LogP contribution is 2.65. The van der Waals surface area contributed by atoms with Crippen LogP contribution in [0, 0.1) is 23.2 Å². The second-order valence-electron chi connectivity index (χ2n) is 8.89. The van der Waals surface area contributed by atoms with Crippen molar-refractivity contribution in [3.8, 4) is 5.75 Å². The maximum absolute atomic E-state index is 13.3. The van der Waals surface area contributed by atoms with E-state index in [2.05, 4.69) is 6.58 Å². The van der Waals surface area contributed by atoms with Gasteiger partial charge in [-0.15, -0.1) is 6.58 Å². The van der Waals surface area contributed by atoms with E-state index in [1.165, 1.54) is 14.2 Å². The van der Waals surface area contributed by atoms with E-state index >= 15 is 0 Å². The van der Waals surface area contributed by atoms with Crippen LogP contribution in [-0.2, 0) is 25.5 Å². The van der Waals surface area contributed by atoms with Crippen molar-refractivity contribution in [2.45, 2.75) is 43.6 Å². The Labute approximate surface area is 177 Å². The third-order valence-corrected chi connectivity index (χ3v) is 7.93. The monoisotopic (exact) mass is 414 g/mol. The van der Waals surface area contributed by atoms with Crippen LogP contribution in [0.4, 0.5) is 0 Å². The fourth-order valence-electron chi connectivity index (χ4n) is 6.72. The Morgan fingerprint density at radius 1 is 1.13 bits per heavy atom. The SMILES string of the molecule is C=C[C@@H]1CC[C@H]2[C@@H]3CCc4cc(OC)ccc4[C@H]3C(C(=O)OC)(C(=O)OC)C[C@@]12O. The molecule has 1 N–H and O–H groups in total. The summed E-state index contributed by atoms with van der Waals surface area (Å²) in [5.74, 6) is -1.18. The van der Waals surface area contributed by atoms with Crippen LogP contribution in [0.2, 0.25) is 0 Å². The minimum atomic E-state index is -1.60. The van der Waals surface area contributed by atoms with Crippen LogP contribution in [-0.4, -0.2) is 44.0 Å². The highest BCUT2D eigenvalue weighted by Gasteiger charge is 2.70. The van der Waals surface area contributed by atoms with Crippen molar-refractivity contribution < 1.29 is 28.9 Å². The Hall–Kier alpha value is -2.34. The van der Waals surface area contributed by atoms with Gasteiger partial charge in [0, 0.05) is 18.3 Å². The fourth-order valence-corrected chi connectivity index (χ4v) is 6.72. The lowest BCUT2D eigenvalue weighted by Crippen LogP contribution is -2.62. The predicted molar refractivity (Wildman–Crippen MR) is 110 cm³/mol. The van der Waals surface area contributed by atoms with Crippen molar-refractivity contribution in [1.29, 1.82) is 0 Å². The van der Waals surface area contributed by atoms with Crippen LogP contribution in [0.25, 0.3) is 0 Å². The van der Waals surface area contributed by atoms with Gasteiger partial charge in [0.15, 0.2) is 5.41 Å². The molecular weight excluding hydrogens is 384 g/mol. The summed E-state index contributed by atoms with van der Waals surface area (Å²) >= 11 is 0. The molecule has 3 aliphatic rings. The molecule has 0 amide bonds. The van der Waals surface area contributed by atoms with Gasteiger partial charge in [-0.25, -0.2) is 0 Å². The number of fused-ring (bicyclic) bond motifs is 5. The summed E-state index contributed by atoms with van der Waals surface area (Å²) in [6, 6.07) is 5.80. The molecule has 2 fully saturated rings. The zero-order valence-electron chi connectivity index (χ0n) is 17.8. The van der Waals surface area contributed by atoms with E-state index in [0.29, 0.717) is 0 Å². The highest BCUT2D eigenvalue weighted by atomic mass is 16.5. The van der Waals surface area contributed by atoms with Gasteiger partial charge in [-0.1, -0.05) is 12.1 Å². The summed E-state index contributed by atoms with van der Waals surface area (Å²) < 4.78 is 15.8. The molecule has 0 radical (unpaired) electrons. The van der Waals surface area contributed by atoms with Gasteiger partial charge in [-0.05, 0) is 60.8 Å². The summed E-state index contributed by atoms with van der Waals surface area (Å²) in [6.45, 7) is 3.91. The lowest BCUT2D eigenvalue weighted by Gasteiger charge is -2.56. The third-order valence-electron chi connectivity index (χ3n) is 7.93. The molecule has 0 unspecified atom stereocenters. The highest BCUT2D eigenvalue weighted by molar-refractivity contribution is 6.02. The molecule has 0 bridgehead atoms. The molecule has 6 nitrogen and oxygen atoms in total. The standard InChI is InChI=1S/C24H30O6/c1-5-15-7-11-19-18-9-6-14-12-16(28-2)8-10-17(14)20(18)23(21(25)29-3,22(26)30-4)13-24(15,19)27/h5,8,10,12,15,18-20,27H,1,6-7,9,11,13H2,2-4H3/t15-,18+,19+,20-,24-/m1/s1. The average molecular weight is 414 g/mol. The number of esters is 2. The third kappa shape index (κ3) is 2.66. The lowest BCUT2D eigenvalue weighted by molar-refractivity contribution is -0.195. The first-order valence-electron chi connectivity index (χ1n) is 10.6. The maximum Gasteiger partial charge on any atom is 0.323 e. The van der Waals surface area contributed by atoms with Crippen molar-refractivity contribution in [3.63, 3.8) is 0 Å². The van der Waals surface area contributed by atoms with E-state index < -0.39 is 28.9 Å². The number of carbonyl (C=O) groups is 2. The van der Waals surface area contributed by atoms with Crippen molar-refractivity contribution in [1.82, 2.24) is 0 Å². The molecule has 0 spiro atoms. The molecule has 30 heavy (non-hydrogen) atoms. The number of aliphatic hydroxyl groups is 1. The molecule has 1 aromatic rings. The Bertz CT molecular complexity index is 860. The van der Waals surface area contributed by atoms with E-state index in [0.717, 1.165) is 42.6 Å². The Balaban J connectivity index is 1.96. The molecule has 0 aromatic heterocycles. The summed E-state index contributed by atoms with van der Waals surface area (Å²) in [5, 5.41) is 11.9. The van der Waals surface area contributed by atoms with Crippen LogP contribution in [0.5, 0.6) is 5.75 Å². The van der Waals surface area contributed by atoms with Crippen molar-refractivity contribution in [3.05, 3.63) is 42.0 Å². The van der Waals surface area contributed by atoms with Crippen molar-refractivity contribution in [2.24, 2.45) is 23.2 Å². The van der Waals surface area contributed by atoms with Crippen LogP contribution in [0.15, 0.2) is 30.9 Å². The van der Waals surface area contributed by atoms with Gasteiger partial charge < -0.3 is 19.3 Å². The number of hydrogen-bond donors (Lipinski definition) is 1. The summed E-state index contributed by atoms with van der Waals surface area (Å²) in [4.78, 5) is 26.6. The molecule has 3 aliphatic carbocycles. The van der Waals surface area contributed by atoms with E-state index in [-0.39, 0.29) is 24.2 Å². The molecule has 162 valence electrons. The number of benzene rings is 1. The molecule has 4 rings (SSSR count). The molecule has 1 aromatic carbocycles. The number of hydrogen-bond acceptors (Lipinski definition) is 6. The van der Waals surface area contributed by atoms with Crippen LogP contribution in [0.1, 0.15) is 42.7 Å². The van der Waals surface area contributed by atoms with Crippen LogP contribution in [0.3, 0.4) is 0 Å². The van der Waals surface area contributed by atoms with Gasteiger partial charge in [0.2, 0.25) is 0 Å². The second-order valence-corrected chi connectivity index (χ2v) is 8.89. The van der Waals surface area contributed by atoms with Gasteiger partial charge >= 0.3 is 11.9 Å². The number of aryl methyl sites for hydroxylation is 1. The van der Waals surface area contributed by atoms with E-state index in [4.69, 9.17) is 14.2 Å². The smallest absolute Gasteiger partial charge is 0.323 e. The van der Waals surface area contributed by atoms with E-state index in [1.807, 2.05) is 18.2 Å². The van der Waals surface area contributed by atoms with Gasteiger partial charge in [0.05, 0.1) is 26.9 Å². The van der Waals surface area contributed by atoms with Crippen LogP contribution >= 0.6 is 0 Å². The first kappa shape index (κ1) is 20.9. The normalized spacial score (nSPS) is 33.5. The predicted octanol–water partition coefficient (Wildman–Crippen LogP) is 3.02. The van der Waals surface area contributed by atoms with E-state index in [9.17, 15) is 14.7 Å². The molecule has 6 heteroatoms. The molecule has 2 saturated carbocycles. The quantitative estimate of drug-likeness (QED) is 0.463. The average Bonchev–Trinajstić information content (AvgIpc) is 3.12. The topological polar surface area (TPSA) is 82.1 Å². The largest absolute Gasteiger partial charge is 0.497 e. The lowest BCUT2D eigenvalue weighted by atomic mass is 9.48. The van der Waals surface area contributed by atoms with Gasteiger partial charge in [0.25, 0.3) is 0 Å². The molecule has 5 atom stereocenters.